The van der Waals surface area contributed by atoms with Gasteiger partial charge in [-0.15, -0.1) is 0 Å². The van der Waals surface area contributed by atoms with Gasteiger partial charge in [0.2, 0.25) is 0 Å². The number of hydrogen-bond donors (Lipinski definition) is 0. The van der Waals surface area contributed by atoms with E-state index < -0.39 is 33.6 Å². The van der Waals surface area contributed by atoms with Crippen molar-refractivity contribution in [1.82, 2.24) is 0 Å². The maximum absolute atomic E-state index is 12.6. The first kappa shape index (κ1) is 17.5. The Kier molecular flexibility index (Phi) is 4.79. The fourth-order valence-corrected chi connectivity index (χ4v) is 4.39. The number of ether oxygens (including phenoxy) is 3. The molecule has 0 radical (unpaired) electrons. The fraction of sp³-hybridized carbons (Fsp3) is 0.438. The van der Waals surface area contributed by atoms with Gasteiger partial charge in [-0.1, -0.05) is 46.3 Å². The van der Waals surface area contributed by atoms with Gasteiger partial charge in [0.05, 0.1) is 31.6 Å². The van der Waals surface area contributed by atoms with Crippen LogP contribution in [0.3, 0.4) is 0 Å². The highest BCUT2D eigenvalue weighted by atomic mass is 79.9. The molecule has 1 aromatic carbocycles. The summed E-state index contributed by atoms with van der Waals surface area (Å²) in [7, 11) is 3.54. The first-order chi connectivity index (χ1) is 10.9. The Morgan fingerprint density at radius 3 is 1.96 bits per heavy atom. The Morgan fingerprint density at radius 1 is 1.00 bits per heavy atom. The molecule has 0 aliphatic heterocycles. The highest BCUT2D eigenvalue weighted by molar-refractivity contribution is 9.09. The average molecular weight is 385 g/mol. The lowest BCUT2D eigenvalue weighted by Crippen LogP contribution is -2.69. The quantitative estimate of drug-likeness (QED) is 0.341. The molecule has 0 spiro atoms. The second-order valence-corrected chi connectivity index (χ2v) is 6.59. The summed E-state index contributed by atoms with van der Waals surface area (Å²) < 4.78 is 13.3. The molecule has 2 rings (SSSR count). The zero-order valence-electron chi connectivity index (χ0n) is 13.0. The standard InChI is InChI=1S/C16H17BrO6/c1-21-12(18)11-9-15(17,10-7-5-4-6-8-10)16(11,13(19)22-2)14(20)23-3/h4-8,11H,9H2,1-3H3/t11-,15-/m1/s1. The highest BCUT2D eigenvalue weighted by Gasteiger charge is 2.78. The summed E-state index contributed by atoms with van der Waals surface area (Å²) in [6.07, 6.45) is 0.202. The van der Waals surface area contributed by atoms with Crippen molar-refractivity contribution in [3.05, 3.63) is 35.9 Å². The SMILES string of the molecule is COC(=O)[C@H]1C[C@@](Br)(c2ccccc2)C1(C(=O)OC)C(=O)OC. The molecule has 1 aliphatic rings. The van der Waals surface area contributed by atoms with Crippen LogP contribution in [0.15, 0.2) is 30.3 Å². The molecule has 1 saturated carbocycles. The molecular formula is C16H17BrO6. The normalized spacial score (nSPS) is 25.0. The van der Waals surface area contributed by atoms with Crippen molar-refractivity contribution in [1.29, 1.82) is 0 Å². The number of carbonyl (C=O) groups is 3. The molecule has 124 valence electrons. The molecule has 1 fully saturated rings. The Hall–Kier alpha value is -1.89. The van der Waals surface area contributed by atoms with Crippen LogP contribution >= 0.6 is 15.9 Å². The van der Waals surface area contributed by atoms with Crippen molar-refractivity contribution in [2.45, 2.75) is 10.7 Å². The second-order valence-electron chi connectivity index (χ2n) is 5.24. The summed E-state index contributed by atoms with van der Waals surface area (Å²) in [5.74, 6) is -3.34. The number of methoxy groups -OCH3 is 3. The third kappa shape index (κ3) is 2.25. The lowest BCUT2D eigenvalue weighted by Gasteiger charge is -2.55. The minimum Gasteiger partial charge on any atom is -0.469 e. The van der Waals surface area contributed by atoms with Gasteiger partial charge in [0.15, 0.2) is 5.41 Å². The van der Waals surface area contributed by atoms with E-state index in [1.54, 1.807) is 24.3 Å². The van der Waals surface area contributed by atoms with Crippen molar-refractivity contribution in [3.8, 4) is 0 Å². The van der Waals surface area contributed by atoms with Crippen molar-refractivity contribution < 1.29 is 28.6 Å². The van der Waals surface area contributed by atoms with E-state index in [-0.39, 0.29) is 6.42 Å². The van der Waals surface area contributed by atoms with Gasteiger partial charge in [-0.05, 0) is 12.0 Å². The minimum absolute atomic E-state index is 0.202. The molecule has 6 nitrogen and oxygen atoms in total. The topological polar surface area (TPSA) is 78.9 Å². The van der Waals surface area contributed by atoms with Crippen molar-refractivity contribution in [2.24, 2.45) is 11.3 Å². The van der Waals surface area contributed by atoms with Gasteiger partial charge in [0.1, 0.15) is 0 Å². The van der Waals surface area contributed by atoms with Crippen LogP contribution in [-0.2, 0) is 32.9 Å². The molecular weight excluding hydrogens is 368 g/mol. The monoisotopic (exact) mass is 384 g/mol. The Balaban J connectivity index is 2.66. The summed E-state index contributed by atoms with van der Waals surface area (Å²) in [5, 5.41) is 0. The van der Waals surface area contributed by atoms with Crippen LogP contribution in [0.25, 0.3) is 0 Å². The van der Waals surface area contributed by atoms with Crippen LogP contribution in [0, 0.1) is 11.3 Å². The highest BCUT2D eigenvalue weighted by Crippen LogP contribution is 2.66. The zero-order chi connectivity index (χ0) is 17.3. The van der Waals surface area contributed by atoms with Crippen LogP contribution in [0.5, 0.6) is 0 Å². The lowest BCUT2D eigenvalue weighted by molar-refractivity contribution is -0.197. The maximum atomic E-state index is 12.6. The van der Waals surface area contributed by atoms with E-state index in [9.17, 15) is 14.4 Å². The molecule has 7 heteroatoms. The van der Waals surface area contributed by atoms with Crippen LogP contribution < -0.4 is 0 Å². The smallest absolute Gasteiger partial charge is 0.325 e. The fourth-order valence-electron chi connectivity index (χ4n) is 3.20. The second kappa shape index (κ2) is 6.31. The zero-order valence-corrected chi connectivity index (χ0v) is 14.6. The number of benzene rings is 1. The Bertz CT molecular complexity index is 613. The Labute approximate surface area is 142 Å². The minimum atomic E-state index is -1.84. The van der Waals surface area contributed by atoms with Gasteiger partial charge in [0, 0.05) is 0 Å². The predicted molar refractivity (Wildman–Crippen MR) is 83.6 cm³/mol. The summed E-state index contributed by atoms with van der Waals surface area (Å²) in [6.45, 7) is 0. The van der Waals surface area contributed by atoms with Gasteiger partial charge in [-0.2, -0.15) is 0 Å². The number of carbonyl (C=O) groups excluding carboxylic acids is 3. The number of halogens is 1. The summed E-state index contributed by atoms with van der Waals surface area (Å²) in [6, 6.07) is 8.91. The Morgan fingerprint density at radius 2 is 1.52 bits per heavy atom. The first-order valence-corrected chi connectivity index (χ1v) is 7.68. The molecule has 0 N–H and O–H groups in total. The lowest BCUT2D eigenvalue weighted by atomic mass is 9.50. The van der Waals surface area contributed by atoms with Crippen molar-refractivity contribution in [3.63, 3.8) is 0 Å². The van der Waals surface area contributed by atoms with Crippen molar-refractivity contribution in [2.75, 3.05) is 21.3 Å². The summed E-state index contributed by atoms with van der Waals surface area (Å²) in [4.78, 5) is 37.3. The van der Waals surface area contributed by atoms with E-state index in [0.29, 0.717) is 5.56 Å². The number of alkyl halides is 1. The largest absolute Gasteiger partial charge is 0.469 e. The van der Waals surface area contributed by atoms with Crippen LogP contribution in [0.2, 0.25) is 0 Å². The van der Waals surface area contributed by atoms with E-state index in [1.165, 1.54) is 7.11 Å². The van der Waals surface area contributed by atoms with Crippen molar-refractivity contribution >= 4 is 33.8 Å². The molecule has 1 aliphatic carbocycles. The molecule has 23 heavy (non-hydrogen) atoms. The van der Waals surface area contributed by atoms with Gasteiger partial charge in [0.25, 0.3) is 0 Å². The molecule has 0 amide bonds. The third-order valence-corrected chi connectivity index (χ3v) is 5.77. The molecule has 1 aromatic rings. The average Bonchev–Trinajstić information content (AvgIpc) is 2.59. The molecule has 0 heterocycles. The molecule has 0 unspecified atom stereocenters. The van der Waals surface area contributed by atoms with Gasteiger partial charge in [-0.25, -0.2) is 0 Å². The van der Waals surface area contributed by atoms with Gasteiger partial charge < -0.3 is 14.2 Å². The summed E-state index contributed by atoms with van der Waals surface area (Å²) in [5.41, 5.74) is -1.17. The van der Waals surface area contributed by atoms with E-state index in [4.69, 9.17) is 14.2 Å². The van der Waals surface area contributed by atoms with Crippen LogP contribution in [0.4, 0.5) is 0 Å². The van der Waals surface area contributed by atoms with E-state index >= 15 is 0 Å². The summed E-state index contributed by atoms with van der Waals surface area (Å²) >= 11 is 3.51. The maximum Gasteiger partial charge on any atom is 0.325 e. The van der Waals surface area contributed by atoms with Crippen LogP contribution in [0.1, 0.15) is 12.0 Å². The predicted octanol–water partition coefficient (Wildman–Crippen LogP) is 1.80. The molecule has 2 atom stereocenters. The van der Waals surface area contributed by atoms with E-state index in [0.717, 1.165) is 14.2 Å². The number of rotatable bonds is 4. The third-order valence-electron chi connectivity index (χ3n) is 4.36. The number of hydrogen-bond acceptors (Lipinski definition) is 6. The number of esters is 3. The van der Waals surface area contributed by atoms with Gasteiger partial charge >= 0.3 is 17.9 Å². The molecule has 0 bridgehead atoms. The van der Waals surface area contributed by atoms with E-state index in [2.05, 4.69) is 15.9 Å². The molecule has 0 saturated heterocycles. The molecule has 0 aromatic heterocycles. The van der Waals surface area contributed by atoms with Crippen LogP contribution in [-0.4, -0.2) is 39.2 Å². The first-order valence-electron chi connectivity index (χ1n) is 6.89. The van der Waals surface area contributed by atoms with E-state index in [1.807, 2.05) is 6.07 Å². The van der Waals surface area contributed by atoms with Gasteiger partial charge in [-0.3, -0.25) is 14.4 Å².